The number of carbonyl (C=O) groups is 1. The van der Waals surface area contributed by atoms with Gasteiger partial charge in [-0.2, -0.15) is 0 Å². The Bertz CT molecular complexity index is 770. The third-order valence-electron chi connectivity index (χ3n) is 5.25. The van der Waals surface area contributed by atoms with Gasteiger partial charge in [0.2, 0.25) is 0 Å². The molecule has 124 valence electrons. The lowest BCUT2D eigenvalue weighted by Gasteiger charge is -2.43. The van der Waals surface area contributed by atoms with Crippen molar-refractivity contribution in [1.29, 1.82) is 0 Å². The number of fused-ring (bicyclic) bond motifs is 1. The van der Waals surface area contributed by atoms with Crippen LogP contribution in [0.25, 0.3) is 0 Å². The van der Waals surface area contributed by atoms with Crippen molar-refractivity contribution in [3.63, 3.8) is 0 Å². The van der Waals surface area contributed by atoms with E-state index >= 15 is 0 Å². The maximum absolute atomic E-state index is 13.4. The van der Waals surface area contributed by atoms with Crippen molar-refractivity contribution in [1.82, 2.24) is 5.32 Å². The molecule has 4 rings (SSSR count). The first-order chi connectivity index (χ1) is 11.7. The molecule has 2 amide bonds. The van der Waals surface area contributed by atoms with E-state index in [0.717, 1.165) is 43.5 Å². The lowest BCUT2D eigenvalue weighted by Crippen LogP contribution is -2.58. The fourth-order valence-corrected chi connectivity index (χ4v) is 3.83. The maximum Gasteiger partial charge on any atom is 0.322 e. The minimum atomic E-state index is -0.234. The van der Waals surface area contributed by atoms with Gasteiger partial charge in [-0.1, -0.05) is 30.3 Å². The standard InChI is InChI=1S/C20H21FN2O/c21-17-7-3-5-15(13-17)14-20(10-4-11-20)22-19(24)23-12-9-16-6-1-2-8-18(16)23/h1-3,5-8,13H,4,9-12,14H2,(H,22,24). The molecule has 3 nitrogen and oxygen atoms in total. The van der Waals surface area contributed by atoms with Gasteiger partial charge in [0.15, 0.2) is 0 Å². The highest BCUT2D eigenvalue weighted by molar-refractivity contribution is 5.94. The number of hydrogen-bond donors (Lipinski definition) is 1. The number of anilines is 1. The van der Waals surface area contributed by atoms with E-state index in [4.69, 9.17) is 0 Å². The Labute approximate surface area is 141 Å². The predicted molar refractivity (Wildman–Crippen MR) is 92.7 cm³/mol. The summed E-state index contributed by atoms with van der Waals surface area (Å²) in [6.45, 7) is 0.723. The van der Waals surface area contributed by atoms with Crippen LogP contribution in [0.4, 0.5) is 14.9 Å². The number of amides is 2. The Morgan fingerprint density at radius 2 is 2.00 bits per heavy atom. The predicted octanol–water partition coefficient (Wildman–Crippen LogP) is 4.06. The van der Waals surface area contributed by atoms with Crippen LogP contribution in [0.3, 0.4) is 0 Å². The third kappa shape index (κ3) is 2.77. The topological polar surface area (TPSA) is 32.3 Å². The van der Waals surface area contributed by atoms with Gasteiger partial charge in [0, 0.05) is 17.8 Å². The van der Waals surface area contributed by atoms with Crippen molar-refractivity contribution >= 4 is 11.7 Å². The molecular weight excluding hydrogens is 303 g/mol. The summed E-state index contributed by atoms with van der Waals surface area (Å²) in [4.78, 5) is 14.6. The van der Waals surface area contributed by atoms with Gasteiger partial charge >= 0.3 is 6.03 Å². The molecule has 4 heteroatoms. The normalized spacial score (nSPS) is 18.0. The first-order valence-electron chi connectivity index (χ1n) is 8.57. The molecule has 0 bridgehead atoms. The van der Waals surface area contributed by atoms with Crippen LogP contribution in [-0.4, -0.2) is 18.1 Å². The van der Waals surface area contributed by atoms with Gasteiger partial charge in [0.25, 0.3) is 0 Å². The van der Waals surface area contributed by atoms with Crippen molar-refractivity contribution in [3.8, 4) is 0 Å². The zero-order valence-electron chi connectivity index (χ0n) is 13.6. The number of benzene rings is 2. The average Bonchev–Trinajstić information content (AvgIpc) is 2.97. The molecular formula is C20H21FN2O. The Hall–Kier alpha value is -2.36. The molecule has 1 N–H and O–H groups in total. The second kappa shape index (κ2) is 5.93. The highest BCUT2D eigenvalue weighted by Gasteiger charge is 2.40. The van der Waals surface area contributed by atoms with Crippen LogP contribution >= 0.6 is 0 Å². The highest BCUT2D eigenvalue weighted by Crippen LogP contribution is 2.36. The maximum atomic E-state index is 13.4. The van der Waals surface area contributed by atoms with E-state index < -0.39 is 0 Å². The lowest BCUT2D eigenvalue weighted by atomic mass is 9.73. The Balaban J connectivity index is 1.50. The second-order valence-corrected chi connectivity index (χ2v) is 6.90. The van der Waals surface area contributed by atoms with Crippen LogP contribution < -0.4 is 10.2 Å². The van der Waals surface area contributed by atoms with E-state index in [1.807, 2.05) is 29.2 Å². The summed E-state index contributed by atoms with van der Waals surface area (Å²) in [7, 11) is 0. The SMILES string of the molecule is O=C(NC1(Cc2cccc(F)c2)CCC1)N1CCc2ccccc21. The molecule has 1 aliphatic carbocycles. The van der Waals surface area contributed by atoms with E-state index in [1.54, 1.807) is 12.1 Å². The summed E-state index contributed by atoms with van der Waals surface area (Å²) < 4.78 is 13.4. The quantitative estimate of drug-likeness (QED) is 0.907. The van der Waals surface area contributed by atoms with Crippen molar-refractivity contribution < 1.29 is 9.18 Å². The summed E-state index contributed by atoms with van der Waals surface area (Å²) in [6, 6.07) is 14.7. The summed E-state index contributed by atoms with van der Waals surface area (Å²) in [6.07, 6.45) is 4.59. The van der Waals surface area contributed by atoms with Crippen LogP contribution in [0.5, 0.6) is 0 Å². The highest BCUT2D eigenvalue weighted by atomic mass is 19.1. The van der Waals surface area contributed by atoms with Crippen molar-refractivity contribution in [2.45, 2.75) is 37.6 Å². The number of carbonyl (C=O) groups excluding carboxylic acids is 1. The number of nitrogens with zero attached hydrogens (tertiary/aromatic N) is 1. The molecule has 1 aliphatic heterocycles. The fourth-order valence-electron chi connectivity index (χ4n) is 3.83. The molecule has 1 saturated carbocycles. The van der Waals surface area contributed by atoms with Gasteiger partial charge < -0.3 is 5.32 Å². The summed E-state index contributed by atoms with van der Waals surface area (Å²) in [5, 5.41) is 3.25. The largest absolute Gasteiger partial charge is 0.332 e. The molecule has 0 radical (unpaired) electrons. The molecule has 0 spiro atoms. The molecule has 1 fully saturated rings. The number of para-hydroxylation sites is 1. The molecule has 0 aromatic heterocycles. The second-order valence-electron chi connectivity index (χ2n) is 6.90. The smallest absolute Gasteiger partial charge is 0.322 e. The van der Waals surface area contributed by atoms with Crippen molar-refractivity contribution in [2.24, 2.45) is 0 Å². The Morgan fingerprint density at radius 3 is 2.75 bits per heavy atom. The van der Waals surface area contributed by atoms with Gasteiger partial charge in [-0.25, -0.2) is 9.18 Å². The average molecular weight is 324 g/mol. The number of rotatable bonds is 3. The molecule has 24 heavy (non-hydrogen) atoms. The number of hydrogen-bond acceptors (Lipinski definition) is 1. The molecule has 1 heterocycles. The molecule has 2 aromatic rings. The van der Waals surface area contributed by atoms with Crippen molar-refractivity contribution in [2.75, 3.05) is 11.4 Å². The number of nitrogens with one attached hydrogen (secondary N) is 1. The van der Waals surface area contributed by atoms with E-state index in [0.29, 0.717) is 6.42 Å². The fraction of sp³-hybridized carbons (Fsp3) is 0.350. The molecule has 0 atom stereocenters. The molecule has 2 aliphatic rings. The monoisotopic (exact) mass is 324 g/mol. The van der Waals surface area contributed by atoms with Crippen molar-refractivity contribution in [3.05, 3.63) is 65.5 Å². The first-order valence-corrected chi connectivity index (χ1v) is 8.57. The Morgan fingerprint density at radius 1 is 1.17 bits per heavy atom. The lowest BCUT2D eigenvalue weighted by molar-refractivity contribution is 0.180. The Kier molecular flexibility index (Phi) is 3.75. The number of halogens is 1. The van der Waals surface area contributed by atoms with E-state index in [2.05, 4.69) is 11.4 Å². The van der Waals surface area contributed by atoms with Crippen LogP contribution in [0.15, 0.2) is 48.5 Å². The summed E-state index contributed by atoms with van der Waals surface area (Å²) in [5.41, 5.74) is 2.94. The summed E-state index contributed by atoms with van der Waals surface area (Å²) >= 11 is 0. The van der Waals surface area contributed by atoms with E-state index in [-0.39, 0.29) is 17.4 Å². The van der Waals surface area contributed by atoms with Gasteiger partial charge in [-0.3, -0.25) is 4.90 Å². The van der Waals surface area contributed by atoms with E-state index in [1.165, 1.54) is 11.6 Å². The molecule has 0 unspecified atom stereocenters. The number of urea groups is 1. The van der Waals surface area contributed by atoms with Crippen LogP contribution in [0, 0.1) is 5.82 Å². The van der Waals surface area contributed by atoms with Gasteiger partial charge in [0.05, 0.1) is 0 Å². The first kappa shape index (κ1) is 15.2. The van der Waals surface area contributed by atoms with Crippen LogP contribution in [-0.2, 0) is 12.8 Å². The van der Waals surface area contributed by atoms with Gasteiger partial charge in [-0.05, 0) is 61.4 Å². The van der Waals surface area contributed by atoms with Gasteiger partial charge in [-0.15, -0.1) is 0 Å². The van der Waals surface area contributed by atoms with Crippen LogP contribution in [0.2, 0.25) is 0 Å². The zero-order valence-corrected chi connectivity index (χ0v) is 13.6. The minimum absolute atomic E-state index is 0.0314. The molecule has 0 saturated heterocycles. The van der Waals surface area contributed by atoms with Crippen LogP contribution in [0.1, 0.15) is 30.4 Å². The molecule has 2 aromatic carbocycles. The van der Waals surface area contributed by atoms with E-state index in [9.17, 15) is 9.18 Å². The minimum Gasteiger partial charge on any atom is -0.332 e. The summed E-state index contributed by atoms with van der Waals surface area (Å²) in [5.74, 6) is -0.221. The van der Waals surface area contributed by atoms with Gasteiger partial charge in [0.1, 0.15) is 5.82 Å². The zero-order chi connectivity index (χ0) is 16.6. The third-order valence-corrected chi connectivity index (χ3v) is 5.25.